The third-order valence-electron chi connectivity index (χ3n) is 5.13. The van der Waals surface area contributed by atoms with Crippen LogP contribution >= 0.6 is 11.6 Å². The van der Waals surface area contributed by atoms with Crippen LogP contribution in [0.15, 0.2) is 66.7 Å². The summed E-state index contributed by atoms with van der Waals surface area (Å²) in [6.45, 7) is 0.231. The number of benzene rings is 3. The fraction of sp³-hybridized carbons (Fsp3) is 0.0455. The van der Waals surface area contributed by atoms with E-state index in [0.717, 1.165) is 11.6 Å². The molecule has 0 bridgehead atoms. The molecule has 162 valence electrons. The predicted octanol–water partition coefficient (Wildman–Crippen LogP) is 5.16. The monoisotopic (exact) mass is 460 g/mol. The van der Waals surface area contributed by atoms with E-state index in [1.807, 2.05) is 30.3 Å². The zero-order chi connectivity index (χ0) is 23.1. The molecule has 0 aliphatic rings. The van der Waals surface area contributed by atoms with Gasteiger partial charge in [-0.3, -0.25) is 20.2 Å². The number of nitro groups is 2. The minimum Gasteiger partial charge on any atom is -0.303 e. The summed E-state index contributed by atoms with van der Waals surface area (Å²) < 4.78 is 1.71. The Morgan fingerprint density at radius 3 is 2.06 bits per heavy atom. The number of halogens is 1. The summed E-state index contributed by atoms with van der Waals surface area (Å²) in [6, 6.07) is 17.9. The Bertz CT molecular complexity index is 1550. The first kappa shape index (κ1) is 20.5. The molecule has 11 heteroatoms. The lowest BCUT2D eigenvalue weighted by Crippen LogP contribution is -2.05. The summed E-state index contributed by atoms with van der Waals surface area (Å²) in [5.74, 6) is 0.257. The van der Waals surface area contributed by atoms with Crippen molar-refractivity contribution in [1.29, 1.82) is 0 Å². The van der Waals surface area contributed by atoms with Gasteiger partial charge >= 0.3 is 0 Å². The number of hydrogen-bond donors (Lipinski definition) is 0. The summed E-state index contributed by atoms with van der Waals surface area (Å²) in [4.78, 5) is 35.3. The number of nitro benzene ring substituents is 2. The highest BCUT2D eigenvalue weighted by molar-refractivity contribution is 6.31. The molecule has 0 aliphatic carbocycles. The number of hydrogen-bond acceptors (Lipinski definition) is 7. The lowest BCUT2D eigenvalue weighted by molar-refractivity contribution is -0.394. The molecule has 0 unspecified atom stereocenters. The summed E-state index contributed by atoms with van der Waals surface area (Å²) in [6.07, 6.45) is 0. The summed E-state index contributed by atoms with van der Waals surface area (Å²) >= 11 is 6.37. The number of fused-ring (bicyclic) bond motifs is 2. The van der Waals surface area contributed by atoms with Crippen molar-refractivity contribution < 1.29 is 9.85 Å². The fourth-order valence-corrected chi connectivity index (χ4v) is 3.80. The van der Waals surface area contributed by atoms with E-state index in [4.69, 9.17) is 16.6 Å². The van der Waals surface area contributed by atoms with E-state index < -0.39 is 21.2 Å². The van der Waals surface area contributed by atoms with E-state index in [2.05, 4.69) is 9.97 Å². The third-order valence-corrected chi connectivity index (χ3v) is 5.49. The van der Waals surface area contributed by atoms with Crippen molar-refractivity contribution in [2.75, 3.05) is 0 Å². The van der Waals surface area contributed by atoms with Crippen LogP contribution in [-0.2, 0) is 6.54 Å². The first-order valence-corrected chi connectivity index (χ1v) is 10.1. The lowest BCUT2D eigenvalue weighted by Gasteiger charge is -2.10. The molecule has 5 rings (SSSR count). The van der Waals surface area contributed by atoms with Gasteiger partial charge in [-0.15, -0.1) is 0 Å². The van der Waals surface area contributed by atoms with E-state index in [0.29, 0.717) is 27.4 Å². The second kappa shape index (κ2) is 7.92. The van der Waals surface area contributed by atoms with Crippen molar-refractivity contribution in [1.82, 2.24) is 19.5 Å². The highest BCUT2D eigenvalue weighted by Gasteiger charge is 2.23. The lowest BCUT2D eigenvalue weighted by atomic mass is 10.1. The van der Waals surface area contributed by atoms with E-state index in [1.165, 1.54) is 12.1 Å². The molecule has 0 aliphatic heterocycles. The van der Waals surface area contributed by atoms with Gasteiger partial charge in [0.1, 0.15) is 5.82 Å². The van der Waals surface area contributed by atoms with Crippen molar-refractivity contribution >= 4 is 45.3 Å². The van der Waals surface area contributed by atoms with Crippen LogP contribution in [0, 0.1) is 20.2 Å². The third kappa shape index (κ3) is 3.72. The van der Waals surface area contributed by atoms with Crippen LogP contribution in [0.25, 0.3) is 33.7 Å². The standard InChI is InChI=1S/C22H13ClN6O4/c23-17-6-2-1-5-13(17)12-27-21(14-9-15(28(30)31)11-16(10-14)29(32)33)26-20-22(27)25-19-8-4-3-7-18(19)24-20/h1-11H,12H2. The SMILES string of the molecule is O=[N+]([O-])c1cc(-c2nc3nc4ccccc4nc3n2Cc2ccccc2Cl)cc([N+](=O)[O-])c1. The van der Waals surface area contributed by atoms with Gasteiger partial charge in [-0.2, -0.15) is 0 Å². The Morgan fingerprint density at radius 2 is 1.42 bits per heavy atom. The quantitative estimate of drug-likeness (QED) is 0.261. The summed E-state index contributed by atoms with van der Waals surface area (Å²) in [7, 11) is 0. The van der Waals surface area contributed by atoms with Gasteiger partial charge < -0.3 is 4.57 Å². The van der Waals surface area contributed by atoms with Crippen molar-refractivity contribution in [3.8, 4) is 11.4 Å². The molecule has 0 spiro atoms. The Labute approximate surface area is 190 Å². The Balaban J connectivity index is 1.81. The van der Waals surface area contributed by atoms with Crippen molar-refractivity contribution in [3.63, 3.8) is 0 Å². The maximum atomic E-state index is 11.4. The molecule has 0 saturated carbocycles. The van der Waals surface area contributed by atoms with Gasteiger partial charge in [-0.05, 0) is 23.8 Å². The Kier molecular flexibility index (Phi) is 4.91. The molecule has 0 fully saturated rings. The van der Waals surface area contributed by atoms with Crippen LogP contribution in [-0.4, -0.2) is 29.4 Å². The smallest absolute Gasteiger partial charge is 0.277 e. The number of non-ortho nitro benzene ring substituents is 2. The maximum Gasteiger partial charge on any atom is 0.277 e. The topological polar surface area (TPSA) is 130 Å². The van der Waals surface area contributed by atoms with Gasteiger partial charge in [-0.1, -0.05) is 41.9 Å². The first-order chi connectivity index (χ1) is 15.9. The summed E-state index contributed by atoms with van der Waals surface area (Å²) in [5.41, 5.74) is 2.14. The average molecular weight is 461 g/mol. The van der Waals surface area contributed by atoms with Gasteiger partial charge in [0.2, 0.25) is 0 Å². The molecule has 0 saturated heterocycles. The largest absolute Gasteiger partial charge is 0.303 e. The van der Waals surface area contributed by atoms with Gasteiger partial charge in [0.05, 0.1) is 33.5 Å². The van der Waals surface area contributed by atoms with Crippen LogP contribution < -0.4 is 0 Å². The molecular weight excluding hydrogens is 448 g/mol. The maximum absolute atomic E-state index is 11.4. The van der Waals surface area contributed by atoms with Crippen LogP contribution in [0.1, 0.15) is 5.56 Å². The molecule has 2 heterocycles. The number of para-hydroxylation sites is 2. The van der Waals surface area contributed by atoms with Gasteiger partial charge in [0, 0.05) is 22.7 Å². The molecule has 0 atom stereocenters. The van der Waals surface area contributed by atoms with Crippen LogP contribution in [0.5, 0.6) is 0 Å². The zero-order valence-corrected chi connectivity index (χ0v) is 17.5. The van der Waals surface area contributed by atoms with Gasteiger partial charge in [-0.25, -0.2) is 15.0 Å². The van der Waals surface area contributed by atoms with Crippen molar-refractivity contribution in [2.24, 2.45) is 0 Å². The average Bonchev–Trinajstić information content (AvgIpc) is 3.15. The minimum atomic E-state index is -0.678. The molecule has 33 heavy (non-hydrogen) atoms. The normalized spacial score (nSPS) is 11.2. The van der Waals surface area contributed by atoms with E-state index in [9.17, 15) is 20.2 Å². The molecular formula is C22H13ClN6O4. The van der Waals surface area contributed by atoms with Crippen molar-refractivity contribution in [3.05, 3.63) is 97.5 Å². The number of aromatic nitrogens is 4. The van der Waals surface area contributed by atoms with Crippen LogP contribution in [0.3, 0.4) is 0 Å². The van der Waals surface area contributed by atoms with E-state index >= 15 is 0 Å². The Morgan fingerprint density at radius 1 is 0.818 bits per heavy atom. The fourth-order valence-electron chi connectivity index (χ4n) is 3.60. The second-order valence-electron chi connectivity index (χ2n) is 7.22. The second-order valence-corrected chi connectivity index (χ2v) is 7.63. The number of nitrogens with zero attached hydrogens (tertiary/aromatic N) is 6. The minimum absolute atomic E-state index is 0.201. The molecule has 10 nitrogen and oxygen atoms in total. The highest BCUT2D eigenvalue weighted by Crippen LogP contribution is 2.32. The molecule has 0 N–H and O–H groups in total. The highest BCUT2D eigenvalue weighted by atomic mass is 35.5. The zero-order valence-electron chi connectivity index (χ0n) is 16.8. The van der Waals surface area contributed by atoms with E-state index in [-0.39, 0.29) is 17.9 Å². The number of rotatable bonds is 5. The van der Waals surface area contributed by atoms with Crippen LogP contribution in [0.4, 0.5) is 11.4 Å². The molecule has 0 radical (unpaired) electrons. The van der Waals surface area contributed by atoms with E-state index in [1.54, 1.807) is 22.8 Å². The van der Waals surface area contributed by atoms with Gasteiger partial charge in [0.15, 0.2) is 11.3 Å². The number of imidazole rings is 1. The Hall–Kier alpha value is -4.44. The molecule has 3 aromatic carbocycles. The molecule has 5 aromatic rings. The molecule has 2 aromatic heterocycles. The van der Waals surface area contributed by atoms with Crippen molar-refractivity contribution in [2.45, 2.75) is 6.54 Å². The first-order valence-electron chi connectivity index (χ1n) is 9.71. The van der Waals surface area contributed by atoms with Gasteiger partial charge in [0.25, 0.3) is 11.4 Å². The van der Waals surface area contributed by atoms with Crippen LogP contribution in [0.2, 0.25) is 5.02 Å². The predicted molar refractivity (Wildman–Crippen MR) is 122 cm³/mol. The molecule has 0 amide bonds. The summed E-state index contributed by atoms with van der Waals surface area (Å²) in [5, 5.41) is 23.4.